The van der Waals surface area contributed by atoms with E-state index in [9.17, 15) is 0 Å². The molecule has 2 atom stereocenters. The predicted molar refractivity (Wildman–Crippen MR) is 83.4 cm³/mol. The molecule has 0 bridgehead atoms. The number of aromatic amines is 1. The summed E-state index contributed by atoms with van der Waals surface area (Å²) in [7, 11) is 0. The van der Waals surface area contributed by atoms with E-state index in [-0.39, 0.29) is 0 Å². The number of ether oxygens (including phenoxy) is 1. The van der Waals surface area contributed by atoms with Gasteiger partial charge in [-0.05, 0) is 30.9 Å². The number of benzene rings is 1. The first-order valence-corrected chi connectivity index (χ1v) is 8.16. The molecule has 1 aromatic carbocycles. The van der Waals surface area contributed by atoms with Gasteiger partial charge in [0.05, 0.1) is 12.2 Å². The lowest BCUT2D eigenvalue weighted by atomic mass is 9.76. The van der Waals surface area contributed by atoms with E-state index >= 15 is 0 Å². The molecule has 21 heavy (non-hydrogen) atoms. The van der Waals surface area contributed by atoms with Crippen molar-refractivity contribution in [2.24, 2.45) is 0 Å². The highest BCUT2D eigenvalue weighted by Crippen LogP contribution is 2.42. The summed E-state index contributed by atoms with van der Waals surface area (Å²) in [5.74, 6) is 0.637. The SMILES string of the molecule is CCCOCN1CCC[C@@H]2c3cccc4n[nH]c(c34)C[C@H]21. The van der Waals surface area contributed by atoms with Crippen LogP contribution in [0.5, 0.6) is 0 Å². The van der Waals surface area contributed by atoms with Crippen LogP contribution in [-0.2, 0) is 11.2 Å². The van der Waals surface area contributed by atoms with E-state index in [1.165, 1.54) is 29.5 Å². The molecular weight excluding hydrogens is 262 g/mol. The van der Waals surface area contributed by atoms with Gasteiger partial charge in [-0.15, -0.1) is 0 Å². The van der Waals surface area contributed by atoms with E-state index in [0.717, 1.165) is 38.2 Å². The predicted octanol–water partition coefficient (Wildman–Crippen LogP) is 3.05. The van der Waals surface area contributed by atoms with Crippen molar-refractivity contribution in [1.29, 1.82) is 0 Å². The number of H-pyrrole nitrogens is 1. The molecule has 0 radical (unpaired) electrons. The lowest BCUT2D eigenvalue weighted by Crippen LogP contribution is -2.47. The van der Waals surface area contributed by atoms with Crippen molar-refractivity contribution in [3.05, 3.63) is 29.5 Å². The molecule has 1 aromatic heterocycles. The van der Waals surface area contributed by atoms with Crippen LogP contribution in [0.4, 0.5) is 0 Å². The average molecular weight is 285 g/mol. The van der Waals surface area contributed by atoms with Crippen molar-refractivity contribution in [1.82, 2.24) is 15.1 Å². The monoisotopic (exact) mass is 285 g/mol. The van der Waals surface area contributed by atoms with Gasteiger partial charge < -0.3 is 4.74 Å². The van der Waals surface area contributed by atoms with E-state index < -0.39 is 0 Å². The van der Waals surface area contributed by atoms with Crippen molar-refractivity contribution < 1.29 is 4.74 Å². The highest BCUT2D eigenvalue weighted by atomic mass is 16.5. The van der Waals surface area contributed by atoms with Gasteiger partial charge in [-0.3, -0.25) is 10.00 Å². The van der Waals surface area contributed by atoms with Gasteiger partial charge in [-0.25, -0.2) is 0 Å². The minimum atomic E-state index is 0.564. The Morgan fingerprint density at radius 2 is 2.38 bits per heavy atom. The summed E-state index contributed by atoms with van der Waals surface area (Å²) in [6.07, 6.45) is 4.72. The van der Waals surface area contributed by atoms with Gasteiger partial charge in [-0.2, -0.15) is 5.10 Å². The number of nitrogens with zero attached hydrogens (tertiary/aromatic N) is 2. The van der Waals surface area contributed by atoms with Gasteiger partial charge in [-0.1, -0.05) is 19.1 Å². The lowest BCUT2D eigenvalue weighted by molar-refractivity contribution is -0.0169. The first kappa shape index (κ1) is 13.3. The fraction of sp³-hybridized carbons (Fsp3) is 0.588. The molecule has 1 saturated heterocycles. The molecule has 2 aliphatic rings. The Kier molecular flexibility index (Phi) is 3.43. The Morgan fingerprint density at radius 1 is 1.43 bits per heavy atom. The van der Waals surface area contributed by atoms with E-state index in [1.54, 1.807) is 0 Å². The second-order valence-electron chi connectivity index (χ2n) is 6.31. The van der Waals surface area contributed by atoms with Crippen molar-refractivity contribution >= 4 is 10.9 Å². The van der Waals surface area contributed by atoms with Crippen LogP contribution in [0.15, 0.2) is 18.2 Å². The zero-order valence-corrected chi connectivity index (χ0v) is 12.6. The Bertz CT molecular complexity index is 636. The van der Waals surface area contributed by atoms with Gasteiger partial charge in [0, 0.05) is 42.6 Å². The number of hydrogen-bond donors (Lipinski definition) is 1. The fourth-order valence-electron chi connectivity index (χ4n) is 4.08. The number of nitrogens with one attached hydrogen (secondary N) is 1. The van der Waals surface area contributed by atoms with Crippen LogP contribution >= 0.6 is 0 Å². The molecule has 2 heterocycles. The molecule has 1 N–H and O–H groups in total. The molecule has 0 saturated carbocycles. The number of hydrogen-bond acceptors (Lipinski definition) is 3. The summed E-state index contributed by atoms with van der Waals surface area (Å²) in [6.45, 7) is 4.95. The molecule has 2 aromatic rings. The zero-order valence-electron chi connectivity index (χ0n) is 12.6. The maximum atomic E-state index is 5.81. The number of piperidine rings is 1. The van der Waals surface area contributed by atoms with Crippen LogP contribution in [-0.4, -0.2) is 41.0 Å². The standard InChI is InChI=1S/C17H23N3O/c1-2-9-21-11-20-8-4-6-12-13-5-3-7-14-17(13)15(19-18-14)10-16(12)20/h3,5,7,12,16H,2,4,6,8-11H2,1H3,(H,18,19)/t12-,16-/m1/s1. The zero-order chi connectivity index (χ0) is 14.2. The maximum Gasteiger partial charge on any atom is 0.0992 e. The molecule has 1 aliphatic carbocycles. The summed E-state index contributed by atoms with van der Waals surface area (Å²) < 4.78 is 5.81. The topological polar surface area (TPSA) is 41.1 Å². The summed E-state index contributed by atoms with van der Waals surface area (Å²) in [4.78, 5) is 2.53. The van der Waals surface area contributed by atoms with Gasteiger partial charge in [0.2, 0.25) is 0 Å². The third-order valence-electron chi connectivity index (χ3n) is 5.00. The van der Waals surface area contributed by atoms with E-state index in [4.69, 9.17) is 4.74 Å². The van der Waals surface area contributed by atoms with Crippen molar-refractivity contribution in [3.63, 3.8) is 0 Å². The van der Waals surface area contributed by atoms with Crippen LogP contribution in [0, 0.1) is 0 Å². The molecule has 0 unspecified atom stereocenters. The molecule has 4 rings (SSSR count). The Balaban J connectivity index is 1.65. The number of rotatable bonds is 4. The molecule has 4 heteroatoms. The van der Waals surface area contributed by atoms with Crippen molar-refractivity contribution in [2.45, 2.75) is 44.6 Å². The Hall–Kier alpha value is -1.39. The molecule has 0 amide bonds. The van der Waals surface area contributed by atoms with Crippen LogP contribution in [0.1, 0.15) is 43.4 Å². The van der Waals surface area contributed by atoms with Crippen molar-refractivity contribution in [2.75, 3.05) is 19.9 Å². The number of fused-ring (bicyclic) bond motifs is 2. The van der Waals surface area contributed by atoms with Gasteiger partial charge in [0.1, 0.15) is 0 Å². The summed E-state index contributed by atoms with van der Waals surface area (Å²) >= 11 is 0. The number of likely N-dealkylation sites (tertiary alicyclic amines) is 1. The highest BCUT2D eigenvalue weighted by molar-refractivity contribution is 5.86. The molecule has 112 valence electrons. The molecule has 1 fully saturated rings. The summed E-state index contributed by atoms with van der Waals surface area (Å²) in [6, 6.07) is 7.13. The van der Waals surface area contributed by atoms with E-state index in [2.05, 4.69) is 40.2 Å². The lowest BCUT2D eigenvalue weighted by Gasteiger charge is -2.43. The summed E-state index contributed by atoms with van der Waals surface area (Å²) in [5, 5.41) is 9.12. The highest BCUT2D eigenvalue weighted by Gasteiger charge is 2.37. The van der Waals surface area contributed by atoms with Gasteiger partial charge in [0.15, 0.2) is 0 Å². The first-order valence-electron chi connectivity index (χ1n) is 8.16. The van der Waals surface area contributed by atoms with Gasteiger partial charge in [0.25, 0.3) is 0 Å². The molecule has 0 spiro atoms. The molecule has 4 nitrogen and oxygen atoms in total. The Morgan fingerprint density at radius 3 is 3.29 bits per heavy atom. The third-order valence-corrected chi connectivity index (χ3v) is 5.00. The quantitative estimate of drug-likeness (QED) is 0.878. The van der Waals surface area contributed by atoms with Crippen LogP contribution in [0.2, 0.25) is 0 Å². The smallest absolute Gasteiger partial charge is 0.0992 e. The Labute approximate surface area is 125 Å². The maximum absolute atomic E-state index is 5.81. The second kappa shape index (κ2) is 5.43. The van der Waals surface area contributed by atoms with Crippen molar-refractivity contribution in [3.8, 4) is 0 Å². The second-order valence-corrected chi connectivity index (χ2v) is 6.31. The first-order chi connectivity index (χ1) is 10.4. The largest absolute Gasteiger partial charge is 0.366 e. The van der Waals surface area contributed by atoms with E-state index in [0.29, 0.717) is 12.0 Å². The summed E-state index contributed by atoms with van der Waals surface area (Å²) in [5.41, 5.74) is 3.93. The minimum absolute atomic E-state index is 0.564. The molecule has 1 aliphatic heterocycles. The normalized spacial score (nSPS) is 25.2. The third kappa shape index (κ3) is 2.17. The van der Waals surface area contributed by atoms with Crippen LogP contribution in [0.25, 0.3) is 10.9 Å². The molecular formula is C17H23N3O. The minimum Gasteiger partial charge on any atom is -0.366 e. The average Bonchev–Trinajstić information content (AvgIpc) is 2.93. The fourth-order valence-corrected chi connectivity index (χ4v) is 4.08. The van der Waals surface area contributed by atoms with Gasteiger partial charge >= 0.3 is 0 Å². The van der Waals surface area contributed by atoms with Crippen LogP contribution in [0.3, 0.4) is 0 Å². The van der Waals surface area contributed by atoms with Crippen LogP contribution < -0.4 is 0 Å². The van der Waals surface area contributed by atoms with E-state index in [1.807, 2.05) is 0 Å². The number of aromatic nitrogens is 2.